The second-order valence-corrected chi connectivity index (χ2v) is 5.38. The highest BCUT2D eigenvalue weighted by molar-refractivity contribution is 7.13. The number of nitriles is 1. The Morgan fingerprint density at radius 3 is 2.52 bits per heavy atom. The van der Waals surface area contributed by atoms with E-state index in [4.69, 9.17) is 5.11 Å². The third kappa shape index (κ3) is 2.45. The van der Waals surface area contributed by atoms with Gasteiger partial charge in [0.15, 0.2) is 0 Å². The smallest absolute Gasteiger partial charge is 0.335 e. The van der Waals surface area contributed by atoms with Gasteiger partial charge >= 0.3 is 5.97 Å². The molecule has 5 heteroatoms. The molecule has 0 bridgehead atoms. The van der Waals surface area contributed by atoms with Gasteiger partial charge in [0.25, 0.3) is 0 Å². The van der Waals surface area contributed by atoms with Crippen LogP contribution in [-0.2, 0) is 0 Å². The fourth-order valence-electron chi connectivity index (χ4n) is 2.10. The fourth-order valence-corrected chi connectivity index (χ4v) is 2.85. The zero-order valence-electron chi connectivity index (χ0n) is 10.9. The number of nitrogens with zero attached hydrogens (tertiary/aromatic N) is 2. The average molecular weight is 294 g/mol. The molecular formula is C16H10N2O2S. The van der Waals surface area contributed by atoms with Crippen LogP contribution in [0.25, 0.3) is 16.1 Å². The number of aromatic carboxylic acids is 1. The predicted octanol–water partition coefficient (Wildman–Crippen LogP) is 3.78. The van der Waals surface area contributed by atoms with Crippen molar-refractivity contribution in [3.8, 4) is 22.2 Å². The van der Waals surface area contributed by atoms with Crippen LogP contribution in [0.1, 0.15) is 15.9 Å². The number of thiophene rings is 1. The van der Waals surface area contributed by atoms with Gasteiger partial charge in [-0.3, -0.25) is 0 Å². The van der Waals surface area contributed by atoms with Crippen molar-refractivity contribution in [1.29, 1.82) is 5.26 Å². The minimum atomic E-state index is -0.953. The molecule has 0 aliphatic carbocycles. The molecule has 0 saturated carbocycles. The highest BCUT2D eigenvalue weighted by Crippen LogP contribution is 2.29. The molecule has 4 nitrogen and oxygen atoms in total. The van der Waals surface area contributed by atoms with Crippen molar-refractivity contribution in [3.05, 3.63) is 65.3 Å². The Kier molecular flexibility index (Phi) is 3.30. The summed E-state index contributed by atoms with van der Waals surface area (Å²) in [6.07, 6.45) is 3.64. The van der Waals surface area contributed by atoms with Crippen molar-refractivity contribution in [2.45, 2.75) is 0 Å². The molecule has 0 radical (unpaired) electrons. The molecule has 3 rings (SSSR count). The summed E-state index contributed by atoms with van der Waals surface area (Å²) in [6.45, 7) is 0. The maximum atomic E-state index is 10.9. The molecule has 102 valence electrons. The minimum absolute atomic E-state index is 0.241. The largest absolute Gasteiger partial charge is 0.478 e. The van der Waals surface area contributed by atoms with E-state index in [1.54, 1.807) is 41.8 Å². The maximum Gasteiger partial charge on any atom is 0.335 e. The van der Waals surface area contributed by atoms with Gasteiger partial charge in [-0.15, -0.1) is 11.3 Å². The van der Waals surface area contributed by atoms with E-state index < -0.39 is 5.97 Å². The van der Waals surface area contributed by atoms with Crippen molar-refractivity contribution in [1.82, 2.24) is 4.57 Å². The fraction of sp³-hybridized carbons (Fsp3) is 0. The zero-order chi connectivity index (χ0) is 14.8. The summed E-state index contributed by atoms with van der Waals surface area (Å²) in [4.78, 5) is 11.9. The van der Waals surface area contributed by atoms with Crippen LogP contribution >= 0.6 is 11.3 Å². The first-order chi connectivity index (χ1) is 10.2. The highest BCUT2D eigenvalue weighted by atomic mass is 32.1. The molecule has 0 atom stereocenters. The Bertz CT molecular complexity index is 824. The molecule has 1 N–H and O–H groups in total. The summed E-state index contributed by atoms with van der Waals surface area (Å²) >= 11 is 1.58. The number of hydrogen-bond acceptors (Lipinski definition) is 3. The predicted molar refractivity (Wildman–Crippen MR) is 80.8 cm³/mol. The Balaban J connectivity index is 2.04. The van der Waals surface area contributed by atoms with Crippen LogP contribution in [0.2, 0.25) is 0 Å². The highest BCUT2D eigenvalue weighted by Gasteiger charge is 2.11. The van der Waals surface area contributed by atoms with Gasteiger partial charge < -0.3 is 9.67 Å². The summed E-state index contributed by atoms with van der Waals surface area (Å²) < 4.78 is 1.83. The molecule has 2 aromatic heterocycles. The maximum absolute atomic E-state index is 10.9. The first kappa shape index (κ1) is 13.2. The second kappa shape index (κ2) is 5.27. The number of rotatable bonds is 3. The topological polar surface area (TPSA) is 66.0 Å². The monoisotopic (exact) mass is 294 g/mol. The van der Waals surface area contributed by atoms with E-state index in [0.717, 1.165) is 16.1 Å². The summed E-state index contributed by atoms with van der Waals surface area (Å²) in [5.41, 5.74) is 2.54. The normalized spacial score (nSPS) is 10.2. The van der Waals surface area contributed by atoms with Gasteiger partial charge in [0.2, 0.25) is 0 Å². The number of benzene rings is 1. The summed E-state index contributed by atoms with van der Waals surface area (Å²) in [7, 11) is 0. The van der Waals surface area contributed by atoms with E-state index in [1.165, 1.54) is 0 Å². The van der Waals surface area contributed by atoms with Crippen molar-refractivity contribution < 1.29 is 9.90 Å². The van der Waals surface area contributed by atoms with Crippen LogP contribution in [0.4, 0.5) is 0 Å². The van der Waals surface area contributed by atoms with E-state index in [9.17, 15) is 10.1 Å². The number of carboxylic acid groups (broad SMARTS) is 1. The van der Waals surface area contributed by atoms with Crippen LogP contribution in [-0.4, -0.2) is 15.6 Å². The van der Waals surface area contributed by atoms with Gasteiger partial charge in [0, 0.05) is 28.5 Å². The van der Waals surface area contributed by atoms with Gasteiger partial charge in [-0.05, 0) is 35.7 Å². The van der Waals surface area contributed by atoms with Gasteiger partial charge in [-0.1, -0.05) is 6.07 Å². The van der Waals surface area contributed by atoms with Crippen molar-refractivity contribution in [2.24, 2.45) is 0 Å². The lowest BCUT2D eigenvalue weighted by atomic mass is 10.2. The Morgan fingerprint density at radius 1 is 1.19 bits per heavy atom. The molecule has 0 spiro atoms. The van der Waals surface area contributed by atoms with Crippen LogP contribution in [0, 0.1) is 11.3 Å². The number of hydrogen-bond donors (Lipinski definition) is 1. The van der Waals surface area contributed by atoms with Crippen LogP contribution < -0.4 is 0 Å². The molecule has 3 aromatic rings. The van der Waals surface area contributed by atoms with Crippen molar-refractivity contribution >= 4 is 17.3 Å². The Hall–Kier alpha value is -2.84. The summed E-state index contributed by atoms with van der Waals surface area (Å²) in [5, 5.41) is 20.1. The standard InChI is InChI=1S/C16H10N2O2S/c17-8-12-9-18(10-14(12)15-2-1-7-21-15)13-5-3-11(4-6-13)16(19)20/h1-7,9-10H,(H,19,20). The molecular weight excluding hydrogens is 284 g/mol. The van der Waals surface area contributed by atoms with Gasteiger partial charge in [0.1, 0.15) is 6.07 Å². The molecule has 0 unspecified atom stereocenters. The zero-order valence-corrected chi connectivity index (χ0v) is 11.7. The second-order valence-electron chi connectivity index (χ2n) is 4.43. The van der Waals surface area contributed by atoms with Gasteiger partial charge in [-0.25, -0.2) is 4.79 Å². The van der Waals surface area contributed by atoms with E-state index >= 15 is 0 Å². The molecule has 21 heavy (non-hydrogen) atoms. The first-order valence-electron chi connectivity index (χ1n) is 6.19. The molecule has 0 aliphatic heterocycles. The summed E-state index contributed by atoms with van der Waals surface area (Å²) in [5.74, 6) is -0.953. The molecule has 0 aliphatic rings. The third-order valence-electron chi connectivity index (χ3n) is 3.15. The lowest BCUT2D eigenvalue weighted by Crippen LogP contribution is -1.97. The van der Waals surface area contributed by atoms with Crippen LogP contribution in [0.15, 0.2) is 54.2 Å². The molecule has 0 amide bonds. The number of carboxylic acids is 1. The number of carbonyl (C=O) groups is 1. The summed E-state index contributed by atoms with van der Waals surface area (Å²) in [6, 6.07) is 12.7. The molecule has 1 aromatic carbocycles. The minimum Gasteiger partial charge on any atom is -0.478 e. The van der Waals surface area contributed by atoms with Gasteiger partial charge in [-0.2, -0.15) is 5.26 Å². The SMILES string of the molecule is N#Cc1cn(-c2ccc(C(=O)O)cc2)cc1-c1cccs1. The Labute approximate surface area is 125 Å². The lowest BCUT2D eigenvalue weighted by molar-refractivity contribution is 0.0697. The van der Waals surface area contributed by atoms with Crippen molar-refractivity contribution in [2.75, 3.05) is 0 Å². The average Bonchev–Trinajstić information content (AvgIpc) is 3.16. The van der Waals surface area contributed by atoms with E-state index in [-0.39, 0.29) is 5.56 Å². The van der Waals surface area contributed by atoms with E-state index in [0.29, 0.717) is 5.56 Å². The Morgan fingerprint density at radius 2 is 1.95 bits per heavy atom. The lowest BCUT2D eigenvalue weighted by Gasteiger charge is -2.02. The quantitative estimate of drug-likeness (QED) is 0.799. The molecule has 0 saturated heterocycles. The first-order valence-corrected chi connectivity index (χ1v) is 7.06. The van der Waals surface area contributed by atoms with Crippen molar-refractivity contribution in [3.63, 3.8) is 0 Å². The number of aromatic nitrogens is 1. The van der Waals surface area contributed by atoms with Crippen LogP contribution in [0.3, 0.4) is 0 Å². The van der Waals surface area contributed by atoms with Gasteiger partial charge in [0.05, 0.1) is 11.1 Å². The third-order valence-corrected chi connectivity index (χ3v) is 4.05. The van der Waals surface area contributed by atoms with E-state index in [1.807, 2.05) is 28.3 Å². The molecule has 2 heterocycles. The van der Waals surface area contributed by atoms with Crippen LogP contribution in [0.5, 0.6) is 0 Å². The molecule has 0 fully saturated rings. The van der Waals surface area contributed by atoms with E-state index in [2.05, 4.69) is 6.07 Å².